The zero-order chi connectivity index (χ0) is 26.5. The van der Waals surface area contributed by atoms with Crippen molar-refractivity contribution in [2.24, 2.45) is 16.8 Å². The average Bonchev–Trinajstić information content (AvgIpc) is 3.75. The molecule has 0 atom stereocenters. The van der Waals surface area contributed by atoms with E-state index in [1.165, 1.54) is 12.1 Å². The molecule has 1 fully saturated rings. The van der Waals surface area contributed by atoms with Crippen LogP contribution in [0.5, 0.6) is 0 Å². The number of nitrogens with zero attached hydrogens (tertiary/aromatic N) is 2. The summed E-state index contributed by atoms with van der Waals surface area (Å²) < 4.78 is 0. The Kier molecular flexibility index (Phi) is 7.28. The minimum Gasteiger partial charge on any atom is -0.384 e. The number of anilines is 1. The van der Waals surface area contributed by atoms with Crippen LogP contribution in [-0.4, -0.2) is 35.1 Å². The Morgan fingerprint density at radius 2 is 1.76 bits per heavy atom. The quantitative estimate of drug-likeness (QED) is 0.199. The van der Waals surface area contributed by atoms with Gasteiger partial charge < -0.3 is 16.4 Å². The van der Waals surface area contributed by atoms with Crippen molar-refractivity contribution in [1.29, 1.82) is 5.41 Å². The fourth-order valence-electron chi connectivity index (χ4n) is 3.70. The number of hydrogen-bond donors (Lipinski definition) is 4. The summed E-state index contributed by atoms with van der Waals surface area (Å²) in [6, 6.07) is 14.2. The molecule has 1 heterocycles. The van der Waals surface area contributed by atoms with E-state index in [1.807, 2.05) is 0 Å². The normalized spacial score (nSPS) is 12.3. The van der Waals surface area contributed by atoms with Gasteiger partial charge >= 0.3 is 5.91 Å². The highest BCUT2D eigenvalue weighted by Gasteiger charge is 2.25. The molecule has 10 heteroatoms. The Morgan fingerprint density at radius 3 is 2.38 bits per heavy atom. The summed E-state index contributed by atoms with van der Waals surface area (Å²) in [5.74, 6) is -1.78. The summed E-state index contributed by atoms with van der Waals surface area (Å²) in [7, 11) is 0. The van der Waals surface area contributed by atoms with E-state index in [2.05, 4.69) is 27.4 Å². The van der Waals surface area contributed by atoms with E-state index < -0.39 is 17.7 Å². The number of nitrogen functional groups attached to an aromatic ring is 1. The number of nitroso groups, excluding NO2 is 1. The molecular weight excluding hydrogens is 472 g/mol. The molecule has 37 heavy (non-hydrogen) atoms. The van der Waals surface area contributed by atoms with Gasteiger partial charge in [-0.3, -0.25) is 19.8 Å². The number of benzene rings is 2. The number of rotatable bonds is 9. The average molecular weight is 497 g/mol. The third-order valence-electron chi connectivity index (χ3n) is 5.93. The molecule has 0 radical (unpaired) electrons. The lowest BCUT2D eigenvalue weighted by Gasteiger charge is -2.14. The first kappa shape index (κ1) is 25.1. The van der Waals surface area contributed by atoms with Crippen LogP contribution in [0.2, 0.25) is 0 Å². The number of nitrogens with one attached hydrogen (secondary N) is 3. The molecule has 4 rings (SSSR count). The Labute approximate surface area is 212 Å². The van der Waals surface area contributed by atoms with Crippen molar-refractivity contribution in [3.8, 4) is 11.1 Å². The lowest BCUT2D eigenvalue weighted by Crippen LogP contribution is -2.27. The highest BCUT2D eigenvalue weighted by molar-refractivity contribution is 6.11. The zero-order valence-corrected chi connectivity index (χ0v) is 19.8. The number of amidine groups is 1. The van der Waals surface area contributed by atoms with Gasteiger partial charge in [0.2, 0.25) is 0 Å². The van der Waals surface area contributed by atoms with Crippen molar-refractivity contribution in [1.82, 2.24) is 10.3 Å². The maximum atomic E-state index is 13.3. The molecule has 1 aliphatic carbocycles. The largest absolute Gasteiger partial charge is 0.384 e. The molecule has 10 nitrogen and oxygen atoms in total. The van der Waals surface area contributed by atoms with Crippen LogP contribution in [0.25, 0.3) is 17.2 Å². The lowest BCUT2D eigenvalue weighted by atomic mass is 9.95. The van der Waals surface area contributed by atoms with Crippen LogP contribution in [0.4, 0.5) is 5.69 Å². The summed E-state index contributed by atoms with van der Waals surface area (Å²) in [5.41, 5.74) is 7.39. The van der Waals surface area contributed by atoms with E-state index in [0.29, 0.717) is 34.8 Å². The molecule has 0 aliphatic heterocycles. The molecule has 0 bridgehead atoms. The van der Waals surface area contributed by atoms with Crippen LogP contribution in [0, 0.1) is 16.2 Å². The SMILES string of the molecule is C=Cc1ccc(-c2ccc(C(=O)NCC3CC3)nc2C(=O)N=O)c(C(=O)Nc2ccc(C(=N)N)cc2)c1. The fraction of sp³-hybridized carbons (Fsp3) is 0.148. The minimum absolute atomic E-state index is 0.0318. The second kappa shape index (κ2) is 10.7. The van der Waals surface area contributed by atoms with Gasteiger partial charge in [0.25, 0.3) is 11.8 Å². The van der Waals surface area contributed by atoms with Crippen molar-refractivity contribution in [3.63, 3.8) is 0 Å². The summed E-state index contributed by atoms with van der Waals surface area (Å²) >= 11 is 0. The van der Waals surface area contributed by atoms with E-state index in [9.17, 15) is 19.3 Å². The van der Waals surface area contributed by atoms with E-state index in [0.717, 1.165) is 12.8 Å². The Bertz CT molecular complexity index is 1430. The molecule has 3 aromatic rings. The first-order valence-corrected chi connectivity index (χ1v) is 11.5. The van der Waals surface area contributed by atoms with Gasteiger partial charge in [0, 0.05) is 34.1 Å². The zero-order valence-electron chi connectivity index (χ0n) is 19.8. The third kappa shape index (κ3) is 5.81. The number of carbonyl (C=O) groups is 3. The molecule has 1 aliphatic rings. The monoisotopic (exact) mass is 496 g/mol. The predicted octanol–water partition coefficient (Wildman–Crippen LogP) is 3.97. The van der Waals surface area contributed by atoms with E-state index in [4.69, 9.17) is 11.1 Å². The first-order chi connectivity index (χ1) is 17.8. The van der Waals surface area contributed by atoms with Crippen LogP contribution in [0.3, 0.4) is 0 Å². The Morgan fingerprint density at radius 1 is 1.05 bits per heavy atom. The third-order valence-corrected chi connectivity index (χ3v) is 5.93. The van der Waals surface area contributed by atoms with Gasteiger partial charge in [0.05, 0.1) is 0 Å². The van der Waals surface area contributed by atoms with Gasteiger partial charge in [-0.1, -0.05) is 24.8 Å². The topological polar surface area (TPSA) is 167 Å². The molecule has 1 aromatic heterocycles. The smallest absolute Gasteiger partial charge is 0.335 e. The number of hydrogen-bond acceptors (Lipinski definition) is 6. The van der Waals surface area contributed by atoms with Crippen molar-refractivity contribution in [2.75, 3.05) is 11.9 Å². The Hall–Kier alpha value is -4.99. The molecule has 2 aromatic carbocycles. The summed E-state index contributed by atoms with van der Waals surface area (Å²) in [5, 5.41) is 15.5. The van der Waals surface area contributed by atoms with Gasteiger partial charge in [-0.2, -0.15) is 0 Å². The van der Waals surface area contributed by atoms with Gasteiger partial charge in [0.1, 0.15) is 17.2 Å². The number of aromatic nitrogens is 1. The number of pyridine rings is 1. The highest BCUT2D eigenvalue weighted by atomic mass is 16.3. The molecule has 1 saturated carbocycles. The second-order valence-electron chi connectivity index (χ2n) is 8.60. The van der Waals surface area contributed by atoms with Crippen molar-refractivity contribution in [2.45, 2.75) is 12.8 Å². The highest BCUT2D eigenvalue weighted by Crippen LogP contribution is 2.30. The van der Waals surface area contributed by atoms with E-state index in [1.54, 1.807) is 48.5 Å². The molecule has 3 amide bonds. The van der Waals surface area contributed by atoms with Crippen LogP contribution >= 0.6 is 0 Å². The van der Waals surface area contributed by atoms with Crippen LogP contribution in [-0.2, 0) is 0 Å². The van der Waals surface area contributed by atoms with Crippen molar-refractivity contribution < 1.29 is 14.4 Å². The maximum absolute atomic E-state index is 13.3. The number of amides is 3. The molecule has 0 spiro atoms. The van der Waals surface area contributed by atoms with Gasteiger partial charge in [-0.05, 0) is 72.4 Å². The molecular formula is C27H24N6O4. The number of carbonyl (C=O) groups excluding carboxylic acids is 3. The van der Waals surface area contributed by atoms with Gasteiger partial charge in [-0.15, -0.1) is 4.91 Å². The van der Waals surface area contributed by atoms with Gasteiger partial charge in [0.15, 0.2) is 0 Å². The summed E-state index contributed by atoms with van der Waals surface area (Å²) in [6.07, 6.45) is 3.67. The second-order valence-corrected chi connectivity index (χ2v) is 8.60. The standard InChI is InChI=1S/C27H24N6O4/c1-2-15-5-10-19(21(13-15)25(34)31-18-8-6-17(7-9-18)24(28)29)20-11-12-22(32-23(20)27(36)33-37)26(35)30-14-16-3-4-16/h2,5-13,16H,1,3-4,14H2,(H3,28,29)(H,30,35)(H,31,34). The van der Waals surface area contributed by atoms with Crippen LogP contribution in [0.1, 0.15) is 55.3 Å². The first-order valence-electron chi connectivity index (χ1n) is 11.5. The molecule has 0 unspecified atom stereocenters. The Balaban J connectivity index is 1.72. The van der Waals surface area contributed by atoms with E-state index >= 15 is 0 Å². The molecule has 5 N–H and O–H groups in total. The molecule has 186 valence electrons. The van der Waals surface area contributed by atoms with E-state index in [-0.39, 0.29) is 28.4 Å². The predicted molar refractivity (Wildman–Crippen MR) is 140 cm³/mol. The minimum atomic E-state index is -1.16. The van der Waals surface area contributed by atoms with Gasteiger partial charge in [-0.25, -0.2) is 4.98 Å². The van der Waals surface area contributed by atoms with Crippen molar-refractivity contribution >= 4 is 35.3 Å². The maximum Gasteiger partial charge on any atom is 0.335 e. The summed E-state index contributed by atoms with van der Waals surface area (Å²) in [6.45, 7) is 4.25. The molecule has 0 saturated heterocycles. The summed E-state index contributed by atoms with van der Waals surface area (Å²) in [4.78, 5) is 53.6. The van der Waals surface area contributed by atoms with Crippen LogP contribution < -0.4 is 16.4 Å². The fourth-order valence-corrected chi connectivity index (χ4v) is 3.70. The van der Waals surface area contributed by atoms with Crippen LogP contribution in [0.15, 0.2) is 66.4 Å². The number of nitrogens with two attached hydrogens (primary N) is 1. The lowest BCUT2D eigenvalue weighted by molar-refractivity contribution is 0.0945. The van der Waals surface area contributed by atoms with Crippen molar-refractivity contribution in [3.05, 3.63) is 94.2 Å².